The summed E-state index contributed by atoms with van der Waals surface area (Å²) in [5, 5.41) is 0. The molecule has 0 bridgehead atoms. The number of carbonyl (C=O) groups excluding carboxylic acids is 1. The van der Waals surface area contributed by atoms with Crippen LogP contribution < -0.4 is 0 Å². The van der Waals surface area contributed by atoms with E-state index in [0.29, 0.717) is 12.1 Å². The molecule has 0 aliphatic carbocycles. The summed E-state index contributed by atoms with van der Waals surface area (Å²) in [6, 6.07) is 10.0. The van der Waals surface area contributed by atoms with Crippen molar-refractivity contribution in [2.24, 2.45) is 0 Å². The van der Waals surface area contributed by atoms with E-state index in [1.165, 1.54) is 0 Å². The van der Waals surface area contributed by atoms with Crippen LogP contribution in [0.4, 0.5) is 0 Å². The van der Waals surface area contributed by atoms with Gasteiger partial charge in [0.2, 0.25) is 0 Å². The summed E-state index contributed by atoms with van der Waals surface area (Å²) in [5.41, 5.74) is 1.48. The average Bonchev–Trinajstić information content (AvgIpc) is 2.18. The Labute approximate surface area is 92.1 Å². The molecule has 0 fully saturated rings. The lowest BCUT2D eigenvalue weighted by atomic mass is 9.27. The molecule has 0 aliphatic rings. The van der Waals surface area contributed by atoms with Gasteiger partial charge in [-0.2, -0.15) is 20.5 Å². The molecule has 0 saturated heterocycles. The minimum atomic E-state index is -0.844. The lowest BCUT2D eigenvalue weighted by Crippen LogP contribution is -2.32. The van der Waals surface area contributed by atoms with Crippen LogP contribution in [-0.2, 0) is 4.79 Å². The molecule has 0 aromatic heterocycles. The molecule has 1 nitrogen and oxygen atoms in total. The van der Waals surface area contributed by atoms with E-state index in [9.17, 15) is 4.79 Å². The first-order chi connectivity index (χ1) is 7.00. The van der Waals surface area contributed by atoms with Crippen molar-refractivity contribution < 1.29 is 4.79 Å². The fourth-order valence-electron chi connectivity index (χ4n) is 1.23. The number of hydrogen-bond donors (Lipinski definition) is 0. The van der Waals surface area contributed by atoms with Gasteiger partial charge in [-0.1, -0.05) is 42.5 Å². The van der Waals surface area contributed by atoms with Gasteiger partial charge in [0.1, 0.15) is 0 Å². The van der Waals surface area contributed by atoms with E-state index in [1.54, 1.807) is 0 Å². The zero-order chi connectivity index (χ0) is 11.3. The molecule has 0 saturated carbocycles. The first-order valence-electron chi connectivity index (χ1n) is 5.52. The van der Waals surface area contributed by atoms with E-state index in [0.717, 1.165) is 5.56 Å². The van der Waals surface area contributed by atoms with Crippen molar-refractivity contribution in [3.8, 4) is 0 Å². The van der Waals surface area contributed by atoms with Gasteiger partial charge in [0.25, 0.3) is 0 Å². The Kier molecular flexibility index (Phi) is 3.90. The van der Waals surface area contributed by atoms with Crippen LogP contribution in [-0.4, -0.2) is 11.8 Å². The van der Waals surface area contributed by atoms with Gasteiger partial charge < -0.3 is 4.79 Å². The number of carbonyl (C=O) groups is 1. The zero-order valence-electron chi connectivity index (χ0n) is 9.73. The summed E-state index contributed by atoms with van der Waals surface area (Å²) >= 11 is 0. The molecule has 0 heterocycles. The molecule has 1 rings (SSSR count). The predicted molar refractivity (Wildman–Crippen MR) is 68.4 cm³/mol. The Hall–Kier alpha value is -1.31. The molecule has 2 heteroatoms. The predicted octanol–water partition coefficient (Wildman–Crippen LogP) is 3.54. The standard InChI is InChI=1S/C13H18BO/c1-14(2,3)13(15)11-7-10-12-8-5-4-6-9-12/h4-10H,11H2,1-3H3/q-1/b10-7+. The van der Waals surface area contributed by atoms with Gasteiger partial charge in [-0.3, -0.25) is 0 Å². The van der Waals surface area contributed by atoms with Crippen LogP contribution in [0.1, 0.15) is 12.0 Å². The Morgan fingerprint density at radius 2 is 1.80 bits per heavy atom. The van der Waals surface area contributed by atoms with Crippen molar-refractivity contribution in [2.45, 2.75) is 26.9 Å². The largest absolute Gasteiger partial charge is 0.346 e. The first kappa shape index (κ1) is 11.8. The Morgan fingerprint density at radius 3 is 2.33 bits per heavy atom. The number of benzene rings is 1. The highest BCUT2D eigenvalue weighted by molar-refractivity contribution is 7.03. The molecule has 1 aromatic rings. The van der Waals surface area contributed by atoms with E-state index in [-0.39, 0.29) is 0 Å². The average molecular weight is 201 g/mol. The number of rotatable bonds is 4. The topological polar surface area (TPSA) is 17.1 Å². The van der Waals surface area contributed by atoms with Gasteiger partial charge in [-0.15, -0.1) is 0 Å². The maximum Gasteiger partial charge on any atom is 0.0614 e. The summed E-state index contributed by atoms with van der Waals surface area (Å²) in [5.74, 6) is 0. The third-order valence-corrected chi connectivity index (χ3v) is 2.39. The molecule has 15 heavy (non-hydrogen) atoms. The summed E-state index contributed by atoms with van der Waals surface area (Å²) in [6.45, 7) is 6.04. The molecule has 0 atom stereocenters. The van der Waals surface area contributed by atoms with E-state index in [4.69, 9.17) is 0 Å². The molecule has 80 valence electrons. The Bertz CT molecular complexity index is 347. The Balaban J connectivity index is 2.51. The zero-order valence-corrected chi connectivity index (χ0v) is 9.73. The van der Waals surface area contributed by atoms with Gasteiger partial charge in [0.05, 0.1) is 6.15 Å². The molecule has 0 spiro atoms. The monoisotopic (exact) mass is 201 g/mol. The highest BCUT2D eigenvalue weighted by Crippen LogP contribution is 2.07. The molecule has 0 aliphatic heterocycles. The van der Waals surface area contributed by atoms with Gasteiger partial charge in [0.15, 0.2) is 0 Å². The van der Waals surface area contributed by atoms with E-state index >= 15 is 0 Å². The normalized spacial score (nSPS) is 11.9. The van der Waals surface area contributed by atoms with Crippen LogP contribution in [0.25, 0.3) is 6.08 Å². The molecular formula is C13H18BO-. The second-order valence-corrected chi connectivity index (χ2v) is 5.08. The molecular weight excluding hydrogens is 183 g/mol. The molecule has 1 aromatic carbocycles. The maximum absolute atomic E-state index is 11.6. The van der Waals surface area contributed by atoms with Crippen molar-refractivity contribution in [1.29, 1.82) is 0 Å². The molecule has 0 unspecified atom stereocenters. The number of hydrogen-bond acceptors (Lipinski definition) is 1. The fourth-order valence-corrected chi connectivity index (χ4v) is 1.23. The fraction of sp³-hybridized carbons (Fsp3) is 0.308. The summed E-state index contributed by atoms with van der Waals surface area (Å²) in [7, 11) is 0. The van der Waals surface area contributed by atoms with Gasteiger partial charge in [-0.25, -0.2) is 0 Å². The van der Waals surface area contributed by atoms with E-state index in [2.05, 4.69) is 0 Å². The van der Waals surface area contributed by atoms with Crippen molar-refractivity contribution >= 4 is 17.9 Å². The van der Waals surface area contributed by atoms with Crippen LogP contribution in [0.3, 0.4) is 0 Å². The summed E-state index contributed by atoms with van der Waals surface area (Å²) in [6.07, 6.45) is 3.64. The van der Waals surface area contributed by atoms with Crippen molar-refractivity contribution in [3.63, 3.8) is 0 Å². The Morgan fingerprint density at radius 1 is 1.20 bits per heavy atom. The molecule has 0 radical (unpaired) electrons. The lowest BCUT2D eigenvalue weighted by molar-refractivity contribution is -0.111. The number of allylic oxidation sites excluding steroid dienone is 1. The second-order valence-electron chi connectivity index (χ2n) is 5.08. The quantitative estimate of drug-likeness (QED) is 0.681. The summed E-state index contributed by atoms with van der Waals surface area (Å²) in [4.78, 5) is 11.6. The third-order valence-electron chi connectivity index (χ3n) is 2.39. The van der Waals surface area contributed by atoms with Gasteiger partial charge in [-0.05, 0) is 17.7 Å². The highest BCUT2D eigenvalue weighted by atomic mass is 16.1. The maximum atomic E-state index is 11.6. The van der Waals surface area contributed by atoms with Crippen LogP contribution >= 0.6 is 0 Å². The van der Waals surface area contributed by atoms with Crippen LogP contribution in [0.15, 0.2) is 36.4 Å². The smallest absolute Gasteiger partial charge is 0.0614 e. The molecule has 0 N–H and O–H groups in total. The van der Waals surface area contributed by atoms with Crippen molar-refractivity contribution in [2.75, 3.05) is 0 Å². The minimum absolute atomic E-state index is 0.335. The van der Waals surface area contributed by atoms with Crippen molar-refractivity contribution in [3.05, 3.63) is 42.0 Å². The highest BCUT2D eigenvalue weighted by Gasteiger charge is 2.12. The molecule has 0 amide bonds. The minimum Gasteiger partial charge on any atom is -0.346 e. The van der Waals surface area contributed by atoms with E-state index < -0.39 is 6.15 Å². The third kappa shape index (κ3) is 4.15. The van der Waals surface area contributed by atoms with Crippen LogP contribution in [0, 0.1) is 0 Å². The second kappa shape index (κ2) is 4.97. The van der Waals surface area contributed by atoms with Gasteiger partial charge >= 0.3 is 0 Å². The van der Waals surface area contributed by atoms with E-state index in [1.807, 2.05) is 63.0 Å². The van der Waals surface area contributed by atoms with Crippen LogP contribution in [0.5, 0.6) is 0 Å². The van der Waals surface area contributed by atoms with Crippen molar-refractivity contribution in [1.82, 2.24) is 0 Å². The van der Waals surface area contributed by atoms with Crippen LogP contribution in [0.2, 0.25) is 20.5 Å². The summed E-state index contributed by atoms with van der Waals surface area (Å²) < 4.78 is 0. The lowest BCUT2D eigenvalue weighted by Gasteiger charge is -2.20. The SMILES string of the molecule is C[B-](C)(C)C(=O)C/C=C/c1ccccc1. The first-order valence-corrected chi connectivity index (χ1v) is 5.52. The van der Waals surface area contributed by atoms with Gasteiger partial charge in [0, 0.05) is 0 Å².